The van der Waals surface area contributed by atoms with E-state index in [2.05, 4.69) is 33.8 Å². The molecular formula is C14H22N6. The van der Waals surface area contributed by atoms with Crippen LogP contribution in [0.2, 0.25) is 0 Å². The molecule has 0 saturated heterocycles. The molecule has 0 unspecified atom stereocenters. The van der Waals surface area contributed by atoms with E-state index in [1.54, 1.807) is 16.9 Å². The molecule has 0 aliphatic rings. The Morgan fingerprint density at radius 1 is 1.25 bits per heavy atom. The summed E-state index contributed by atoms with van der Waals surface area (Å²) in [6, 6.07) is 1.79. The van der Waals surface area contributed by atoms with Crippen LogP contribution in [-0.4, -0.2) is 44.3 Å². The molecule has 0 aliphatic carbocycles. The number of hydrogen-bond acceptors (Lipinski definition) is 5. The van der Waals surface area contributed by atoms with Gasteiger partial charge in [-0.1, -0.05) is 13.8 Å². The number of rotatable bonds is 6. The van der Waals surface area contributed by atoms with E-state index in [-0.39, 0.29) is 0 Å². The van der Waals surface area contributed by atoms with E-state index in [0.29, 0.717) is 5.82 Å². The fraction of sp³-hybridized carbons (Fsp3) is 0.500. The Kier molecular flexibility index (Phi) is 4.68. The van der Waals surface area contributed by atoms with Crippen LogP contribution >= 0.6 is 0 Å². The maximum atomic E-state index is 5.88. The summed E-state index contributed by atoms with van der Waals surface area (Å²) in [5.74, 6) is 1.30. The molecule has 6 heteroatoms. The van der Waals surface area contributed by atoms with Crippen molar-refractivity contribution in [2.45, 2.75) is 20.3 Å². The summed E-state index contributed by atoms with van der Waals surface area (Å²) >= 11 is 0. The lowest BCUT2D eigenvalue weighted by atomic mass is 10.2. The lowest BCUT2D eigenvalue weighted by molar-refractivity contribution is 0.306. The molecule has 2 heterocycles. The number of anilines is 1. The molecule has 2 rings (SSSR count). The van der Waals surface area contributed by atoms with Crippen LogP contribution in [0.1, 0.15) is 19.7 Å². The van der Waals surface area contributed by atoms with Gasteiger partial charge in [0.05, 0.1) is 11.9 Å². The average molecular weight is 274 g/mol. The van der Waals surface area contributed by atoms with Crippen molar-refractivity contribution in [1.29, 1.82) is 0 Å². The first-order chi connectivity index (χ1) is 9.62. The molecule has 20 heavy (non-hydrogen) atoms. The molecule has 0 aliphatic heterocycles. The summed E-state index contributed by atoms with van der Waals surface area (Å²) < 4.78 is 1.75. The molecule has 108 valence electrons. The number of nitrogen functional groups attached to an aromatic ring is 1. The van der Waals surface area contributed by atoms with E-state index >= 15 is 0 Å². The molecule has 2 N–H and O–H groups in total. The average Bonchev–Trinajstić information content (AvgIpc) is 2.86. The predicted octanol–water partition coefficient (Wildman–Crippen LogP) is 1.34. The molecule has 0 radical (unpaired) electrons. The van der Waals surface area contributed by atoms with E-state index in [9.17, 15) is 0 Å². The number of nitrogens with two attached hydrogens (primary N) is 1. The lowest BCUT2D eigenvalue weighted by Gasteiger charge is -2.17. The second-order valence-corrected chi connectivity index (χ2v) is 4.77. The summed E-state index contributed by atoms with van der Waals surface area (Å²) in [5.41, 5.74) is 7.68. The highest BCUT2D eigenvalue weighted by atomic mass is 15.2. The van der Waals surface area contributed by atoms with Gasteiger partial charge >= 0.3 is 0 Å². The Hall–Kier alpha value is -1.95. The van der Waals surface area contributed by atoms with Crippen LogP contribution in [0, 0.1) is 0 Å². The number of nitrogens with zero attached hydrogens (tertiary/aromatic N) is 5. The molecule has 2 aromatic rings. The van der Waals surface area contributed by atoms with Crippen LogP contribution in [0.25, 0.3) is 11.3 Å². The third-order valence-electron chi connectivity index (χ3n) is 3.34. The zero-order valence-electron chi connectivity index (χ0n) is 12.4. The molecule has 0 amide bonds. The topological polar surface area (TPSA) is 72.9 Å². The van der Waals surface area contributed by atoms with E-state index in [1.165, 1.54) is 0 Å². The minimum atomic E-state index is 0.508. The van der Waals surface area contributed by atoms with Gasteiger partial charge < -0.3 is 10.6 Å². The van der Waals surface area contributed by atoms with Gasteiger partial charge in [-0.05, 0) is 13.1 Å². The fourth-order valence-corrected chi connectivity index (χ4v) is 2.13. The number of hydrogen-bond donors (Lipinski definition) is 1. The molecule has 0 atom stereocenters. The molecule has 2 aromatic heterocycles. The van der Waals surface area contributed by atoms with Crippen LogP contribution in [-0.2, 0) is 13.5 Å². The maximum Gasteiger partial charge on any atom is 0.132 e. The Labute approximate surface area is 119 Å². The molecular weight excluding hydrogens is 252 g/mol. The van der Waals surface area contributed by atoms with Crippen molar-refractivity contribution in [1.82, 2.24) is 24.6 Å². The highest BCUT2D eigenvalue weighted by molar-refractivity contribution is 5.60. The zero-order chi connectivity index (χ0) is 14.5. The molecule has 0 fully saturated rings. The van der Waals surface area contributed by atoms with Crippen molar-refractivity contribution >= 4 is 5.82 Å². The van der Waals surface area contributed by atoms with Crippen LogP contribution in [0.4, 0.5) is 5.82 Å². The lowest BCUT2D eigenvalue weighted by Crippen LogP contribution is -2.26. The van der Waals surface area contributed by atoms with E-state index < -0.39 is 0 Å². The van der Waals surface area contributed by atoms with Crippen molar-refractivity contribution in [3.63, 3.8) is 0 Å². The molecule has 0 saturated carbocycles. The monoisotopic (exact) mass is 274 g/mol. The first-order valence-electron chi connectivity index (χ1n) is 6.97. The second-order valence-electron chi connectivity index (χ2n) is 4.77. The van der Waals surface area contributed by atoms with Crippen molar-refractivity contribution in [3.05, 3.63) is 24.3 Å². The summed E-state index contributed by atoms with van der Waals surface area (Å²) in [5, 5.41) is 4.16. The first kappa shape index (κ1) is 14.5. The molecule has 0 spiro atoms. The van der Waals surface area contributed by atoms with Crippen molar-refractivity contribution in [3.8, 4) is 11.3 Å². The van der Waals surface area contributed by atoms with Crippen LogP contribution in [0.3, 0.4) is 0 Å². The van der Waals surface area contributed by atoms with Crippen molar-refractivity contribution in [2.24, 2.45) is 7.05 Å². The molecule has 6 nitrogen and oxygen atoms in total. The Bertz CT molecular complexity index is 559. The van der Waals surface area contributed by atoms with Crippen molar-refractivity contribution < 1.29 is 0 Å². The second kappa shape index (κ2) is 6.47. The zero-order valence-corrected chi connectivity index (χ0v) is 12.4. The molecule has 0 bridgehead atoms. The minimum absolute atomic E-state index is 0.508. The van der Waals surface area contributed by atoms with Gasteiger partial charge in [0, 0.05) is 37.8 Å². The molecule has 0 aromatic carbocycles. The van der Waals surface area contributed by atoms with Gasteiger partial charge in [0.2, 0.25) is 0 Å². The third kappa shape index (κ3) is 3.54. The van der Waals surface area contributed by atoms with E-state index in [0.717, 1.165) is 43.1 Å². The number of aryl methyl sites for hydroxylation is 1. The SMILES string of the molecule is CCN(CC)CCc1nc(N)cc(-c2cnn(C)c2)n1. The van der Waals surface area contributed by atoms with E-state index in [1.807, 2.05) is 13.2 Å². The summed E-state index contributed by atoms with van der Waals surface area (Å²) in [6.07, 6.45) is 4.52. The van der Waals surface area contributed by atoms with Crippen LogP contribution in [0.15, 0.2) is 18.5 Å². The van der Waals surface area contributed by atoms with Crippen LogP contribution < -0.4 is 5.73 Å². The van der Waals surface area contributed by atoms with Crippen LogP contribution in [0.5, 0.6) is 0 Å². The van der Waals surface area contributed by atoms with Gasteiger partial charge in [-0.25, -0.2) is 9.97 Å². The predicted molar refractivity (Wildman–Crippen MR) is 80.1 cm³/mol. The normalized spacial score (nSPS) is 11.2. The Morgan fingerprint density at radius 3 is 2.60 bits per heavy atom. The largest absolute Gasteiger partial charge is 0.384 e. The number of likely N-dealkylation sites (N-methyl/N-ethyl adjacent to an activating group) is 1. The highest BCUT2D eigenvalue weighted by Gasteiger charge is 2.08. The summed E-state index contributed by atoms with van der Waals surface area (Å²) in [6.45, 7) is 7.33. The smallest absolute Gasteiger partial charge is 0.132 e. The standard InChI is InChI=1S/C14H22N6/c1-4-20(5-2)7-6-14-17-12(8-13(15)18-14)11-9-16-19(3)10-11/h8-10H,4-7H2,1-3H3,(H2,15,17,18). The minimum Gasteiger partial charge on any atom is -0.384 e. The Morgan fingerprint density at radius 2 is 2.00 bits per heavy atom. The maximum absolute atomic E-state index is 5.88. The van der Waals surface area contributed by atoms with E-state index in [4.69, 9.17) is 5.73 Å². The van der Waals surface area contributed by atoms with Gasteiger partial charge in [0.25, 0.3) is 0 Å². The van der Waals surface area contributed by atoms with Gasteiger partial charge in [0.15, 0.2) is 0 Å². The van der Waals surface area contributed by atoms with Gasteiger partial charge in [-0.2, -0.15) is 5.10 Å². The fourth-order valence-electron chi connectivity index (χ4n) is 2.13. The summed E-state index contributed by atoms with van der Waals surface area (Å²) in [7, 11) is 1.88. The first-order valence-corrected chi connectivity index (χ1v) is 6.97. The Balaban J connectivity index is 2.16. The highest BCUT2D eigenvalue weighted by Crippen LogP contribution is 2.17. The van der Waals surface area contributed by atoms with Gasteiger partial charge in [-0.3, -0.25) is 4.68 Å². The quantitative estimate of drug-likeness (QED) is 0.860. The van der Waals surface area contributed by atoms with Gasteiger partial charge in [-0.15, -0.1) is 0 Å². The third-order valence-corrected chi connectivity index (χ3v) is 3.34. The summed E-state index contributed by atoms with van der Waals surface area (Å²) in [4.78, 5) is 11.2. The number of aromatic nitrogens is 4. The van der Waals surface area contributed by atoms with Gasteiger partial charge in [0.1, 0.15) is 11.6 Å². The van der Waals surface area contributed by atoms with Crippen molar-refractivity contribution in [2.75, 3.05) is 25.4 Å².